The second kappa shape index (κ2) is 7.14. The number of nitrogens with zero attached hydrogens (tertiary/aromatic N) is 1. The summed E-state index contributed by atoms with van der Waals surface area (Å²) in [6.07, 6.45) is 3.50. The first kappa shape index (κ1) is 12.9. The maximum absolute atomic E-state index is 10.5. The monoisotopic (exact) mass is 297 g/mol. The largest absolute Gasteiger partial charge is 0.276 e. The van der Waals surface area contributed by atoms with Gasteiger partial charge in [-0.15, -0.1) is 0 Å². The molecule has 2 nitrogen and oxygen atoms in total. The van der Waals surface area contributed by atoms with Crippen molar-refractivity contribution >= 4 is 32.8 Å². The number of rotatable bonds is 1. The Morgan fingerprint density at radius 2 is 1.62 bits per heavy atom. The van der Waals surface area contributed by atoms with E-state index in [-0.39, 0.29) is 0 Å². The summed E-state index contributed by atoms with van der Waals surface area (Å²) in [4.78, 5) is 14.3. The van der Waals surface area contributed by atoms with Gasteiger partial charge < -0.3 is 0 Å². The highest BCUT2D eigenvalue weighted by Gasteiger charge is 1.98. The van der Waals surface area contributed by atoms with Gasteiger partial charge in [0, 0.05) is 22.4 Å². The van der Waals surface area contributed by atoms with Crippen molar-refractivity contribution in [1.82, 2.24) is 4.98 Å². The lowest BCUT2D eigenvalue weighted by atomic mass is 10.2. The highest BCUT2D eigenvalue weighted by molar-refractivity contribution is 9.10. The third-order valence-electron chi connectivity index (χ3n) is 1.64. The first-order chi connectivity index (χ1) is 7.70. The number of hydrogen-bond donors (Lipinski definition) is 0. The highest BCUT2D eigenvalue weighted by Crippen LogP contribution is 2.11. The number of halogens is 2. The molecule has 0 radical (unpaired) electrons. The predicted octanol–water partition coefficient (Wildman–Crippen LogP) is 3.91. The topological polar surface area (TPSA) is 30.0 Å². The summed E-state index contributed by atoms with van der Waals surface area (Å²) in [7, 11) is 0. The zero-order valence-corrected chi connectivity index (χ0v) is 10.6. The van der Waals surface area contributed by atoms with E-state index in [2.05, 4.69) is 20.9 Å². The van der Waals surface area contributed by atoms with E-state index in [4.69, 9.17) is 11.6 Å². The molecule has 4 heteroatoms. The average molecular weight is 299 g/mol. The van der Waals surface area contributed by atoms with Gasteiger partial charge in [0.05, 0.1) is 0 Å². The molecule has 2 aromatic rings. The molecule has 0 aliphatic carbocycles. The van der Waals surface area contributed by atoms with Gasteiger partial charge in [-0.05, 0) is 48.0 Å². The standard InChI is InChI=1S/C7H4BrClO.C5H5N/c8-6-3-1-5(2-4-6)7(9)10;1-2-4-6-5-3-1/h1-4H;1-5H. The number of carbonyl (C=O) groups is 1. The van der Waals surface area contributed by atoms with Gasteiger partial charge in [-0.2, -0.15) is 0 Å². The quantitative estimate of drug-likeness (QED) is 0.747. The van der Waals surface area contributed by atoms with E-state index in [1.807, 2.05) is 18.2 Å². The van der Waals surface area contributed by atoms with Crippen LogP contribution >= 0.6 is 27.5 Å². The summed E-state index contributed by atoms with van der Waals surface area (Å²) < 4.78 is 0.939. The summed E-state index contributed by atoms with van der Waals surface area (Å²) in [5.74, 6) is 0. The molecule has 1 aromatic heterocycles. The van der Waals surface area contributed by atoms with Crippen LogP contribution in [0.4, 0.5) is 0 Å². The van der Waals surface area contributed by atoms with Crippen molar-refractivity contribution in [2.24, 2.45) is 0 Å². The van der Waals surface area contributed by atoms with Crippen LogP contribution in [-0.2, 0) is 0 Å². The van der Waals surface area contributed by atoms with E-state index in [9.17, 15) is 4.79 Å². The third-order valence-corrected chi connectivity index (χ3v) is 2.38. The fourth-order valence-corrected chi connectivity index (χ4v) is 1.28. The van der Waals surface area contributed by atoms with Crippen molar-refractivity contribution in [2.45, 2.75) is 0 Å². The van der Waals surface area contributed by atoms with Crippen LogP contribution in [0.15, 0.2) is 59.3 Å². The molecule has 0 unspecified atom stereocenters. The summed E-state index contributed by atoms with van der Waals surface area (Å²) in [5.41, 5.74) is 0.518. The summed E-state index contributed by atoms with van der Waals surface area (Å²) in [6, 6.07) is 12.6. The molecule has 1 heterocycles. The number of hydrogen-bond acceptors (Lipinski definition) is 2. The summed E-state index contributed by atoms with van der Waals surface area (Å²) in [5, 5.41) is -0.424. The number of carbonyl (C=O) groups excluding carboxylic acids is 1. The zero-order valence-electron chi connectivity index (χ0n) is 8.31. The first-order valence-corrected chi connectivity index (χ1v) is 5.67. The molecule has 0 aliphatic rings. The third kappa shape index (κ3) is 5.05. The van der Waals surface area contributed by atoms with Crippen molar-refractivity contribution in [3.05, 3.63) is 64.9 Å². The molecule has 0 atom stereocenters. The minimum Gasteiger partial charge on any atom is -0.276 e. The second-order valence-corrected chi connectivity index (χ2v) is 4.06. The molecule has 1 aromatic carbocycles. The van der Waals surface area contributed by atoms with E-state index < -0.39 is 5.24 Å². The minimum absolute atomic E-state index is 0.424. The molecule has 0 saturated carbocycles. The molecule has 0 N–H and O–H groups in total. The van der Waals surface area contributed by atoms with E-state index in [1.54, 1.807) is 36.7 Å². The van der Waals surface area contributed by atoms with E-state index in [0.717, 1.165) is 4.47 Å². The van der Waals surface area contributed by atoms with Gasteiger partial charge in [-0.25, -0.2) is 0 Å². The molecule has 0 aliphatic heterocycles. The Morgan fingerprint density at radius 1 is 1.06 bits per heavy atom. The Labute approximate surface area is 107 Å². The van der Waals surface area contributed by atoms with E-state index in [1.165, 1.54) is 0 Å². The Bertz CT molecular complexity index is 404. The molecule has 0 bridgehead atoms. The maximum Gasteiger partial charge on any atom is 0.252 e. The number of aromatic nitrogens is 1. The van der Waals surface area contributed by atoms with Gasteiger partial charge in [0.2, 0.25) is 0 Å². The normalized spacial score (nSPS) is 8.88. The lowest BCUT2D eigenvalue weighted by molar-refractivity contribution is 0.108. The van der Waals surface area contributed by atoms with Crippen LogP contribution < -0.4 is 0 Å². The van der Waals surface area contributed by atoms with Crippen LogP contribution in [0.1, 0.15) is 10.4 Å². The highest BCUT2D eigenvalue weighted by atomic mass is 79.9. The molecule has 82 valence electrons. The van der Waals surface area contributed by atoms with Gasteiger partial charge in [0.25, 0.3) is 5.24 Å². The van der Waals surface area contributed by atoms with Gasteiger partial charge in [0.1, 0.15) is 0 Å². The SMILES string of the molecule is O=C(Cl)c1ccc(Br)cc1.c1ccncc1. The number of pyridine rings is 1. The molecular formula is C12H9BrClNO. The molecule has 0 fully saturated rings. The van der Waals surface area contributed by atoms with Crippen LogP contribution in [0, 0.1) is 0 Å². The van der Waals surface area contributed by atoms with Gasteiger partial charge in [-0.1, -0.05) is 22.0 Å². The van der Waals surface area contributed by atoms with Crippen molar-refractivity contribution < 1.29 is 4.79 Å². The fraction of sp³-hybridized carbons (Fsp3) is 0. The van der Waals surface area contributed by atoms with Crippen LogP contribution in [-0.4, -0.2) is 10.2 Å². The molecule has 0 saturated heterocycles. The van der Waals surface area contributed by atoms with Crippen LogP contribution in [0.25, 0.3) is 0 Å². The van der Waals surface area contributed by atoms with Crippen LogP contribution in [0.5, 0.6) is 0 Å². The van der Waals surface area contributed by atoms with Crippen molar-refractivity contribution in [3.63, 3.8) is 0 Å². The Balaban J connectivity index is 0.000000181. The second-order valence-electron chi connectivity index (χ2n) is 2.81. The van der Waals surface area contributed by atoms with Gasteiger partial charge in [0.15, 0.2) is 0 Å². The minimum atomic E-state index is -0.424. The average Bonchev–Trinajstić information content (AvgIpc) is 2.32. The van der Waals surface area contributed by atoms with E-state index >= 15 is 0 Å². The predicted molar refractivity (Wildman–Crippen MR) is 68.6 cm³/mol. The van der Waals surface area contributed by atoms with Crippen LogP contribution in [0.3, 0.4) is 0 Å². The lowest BCUT2D eigenvalue weighted by Gasteiger charge is -1.91. The summed E-state index contributed by atoms with van der Waals surface area (Å²) >= 11 is 8.44. The Morgan fingerprint density at radius 3 is 1.94 bits per heavy atom. The molecule has 2 rings (SSSR count). The van der Waals surface area contributed by atoms with E-state index in [0.29, 0.717) is 5.56 Å². The zero-order chi connectivity index (χ0) is 11.8. The fourth-order valence-electron chi connectivity index (χ4n) is 0.894. The molecule has 0 spiro atoms. The molecular weight excluding hydrogens is 289 g/mol. The Hall–Kier alpha value is -1.19. The van der Waals surface area contributed by atoms with Crippen molar-refractivity contribution in [3.8, 4) is 0 Å². The van der Waals surface area contributed by atoms with Gasteiger partial charge in [-0.3, -0.25) is 9.78 Å². The van der Waals surface area contributed by atoms with Crippen LogP contribution in [0.2, 0.25) is 0 Å². The first-order valence-electron chi connectivity index (χ1n) is 4.50. The number of benzene rings is 1. The Kier molecular flexibility index (Phi) is 5.75. The maximum atomic E-state index is 10.5. The smallest absolute Gasteiger partial charge is 0.252 e. The van der Waals surface area contributed by atoms with Gasteiger partial charge >= 0.3 is 0 Å². The summed E-state index contributed by atoms with van der Waals surface area (Å²) in [6.45, 7) is 0. The molecule has 16 heavy (non-hydrogen) atoms. The van der Waals surface area contributed by atoms with Crippen molar-refractivity contribution in [1.29, 1.82) is 0 Å². The van der Waals surface area contributed by atoms with Crippen molar-refractivity contribution in [2.75, 3.05) is 0 Å². The lowest BCUT2D eigenvalue weighted by Crippen LogP contribution is -1.85. The molecule has 0 amide bonds.